The second kappa shape index (κ2) is 7.25. The van der Waals surface area contributed by atoms with Gasteiger partial charge in [0.05, 0.1) is 6.54 Å². The Morgan fingerprint density at radius 2 is 1.74 bits per heavy atom. The van der Waals surface area contributed by atoms with Crippen LogP contribution < -0.4 is 5.73 Å². The van der Waals surface area contributed by atoms with Gasteiger partial charge in [-0.05, 0) is 31.6 Å². The van der Waals surface area contributed by atoms with Crippen LogP contribution in [0.15, 0.2) is 0 Å². The van der Waals surface area contributed by atoms with E-state index in [-0.39, 0.29) is 0 Å². The number of nitrogens with zero attached hydrogens (tertiary/aromatic N) is 2. The van der Waals surface area contributed by atoms with Crippen molar-refractivity contribution in [3.05, 3.63) is 0 Å². The van der Waals surface area contributed by atoms with E-state index in [0.717, 1.165) is 44.9 Å². The van der Waals surface area contributed by atoms with E-state index < -0.39 is 0 Å². The minimum atomic E-state index is 0.324. The number of hydrogen-bond donors (Lipinski definition) is 1. The molecule has 1 amide bonds. The molecular formula is C15H29N3O. The molecule has 2 N–H and O–H groups in total. The fraction of sp³-hybridized carbons (Fsp3) is 0.933. The molecule has 0 aromatic rings. The number of carbonyl (C=O) groups is 1. The molecular weight excluding hydrogens is 238 g/mol. The Hall–Kier alpha value is -0.610. The number of hydrogen-bond acceptors (Lipinski definition) is 3. The number of amides is 1. The smallest absolute Gasteiger partial charge is 0.236 e. The van der Waals surface area contributed by atoms with Crippen molar-refractivity contribution >= 4 is 5.91 Å². The fourth-order valence-electron chi connectivity index (χ4n) is 3.28. The number of rotatable bonds is 4. The lowest BCUT2D eigenvalue weighted by atomic mass is 9.92. The third kappa shape index (κ3) is 4.46. The van der Waals surface area contributed by atoms with Gasteiger partial charge >= 0.3 is 0 Å². The van der Waals surface area contributed by atoms with Crippen LogP contribution in [0.1, 0.15) is 45.4 Å². The van der Waals surface area contributed by atoms with Gasteiger partial charge in [-0.25, -0.2) is 0 Å². The summed E-state index contributed by atoms with van der Waals surface area (Å²) >= 11 is 0. The Bertz CT molecular complexity index is 279. The first-order valence-electron chi connectivity index (χ1n) is 7.94. The molecule has 0 unspecified atom stereocenters. The van der Waals surface area contributed by atoms with Gasteiger partial charge in [0.25, 0.3) is 0 Å². The summed E-state index contributed by atoms with van der Waals surface area (Å²) in [5.41, 5.74) is 5.89. The molecule has 2 saturated heterocycles. The minimum absolute atomic E-state index is 0.324. The van der Waals surface area contributed by atoms with E-state index >= 15 is 0 Å². The van der Waals surface area contributed by atoms with Crippen molar-refractivity contribution in [1.29, 1.82) is 0 Å². The van der Waals surface area contributed by atoms with E-state index in [1.54, 1.807) is 0 Å². The van der Waals surface area contributed by atoms with E-state index in [4.69, 9.17) is 5.73 Å². The summed E-state index contributed by atoms with van der Waals surface area (Å²) in [6.07, 6.45) is 7.06. The molecule has 0 atom stereocenters. The summed E-state index contributed by atoms with van der Waals surface area (Å²) in [4.78, 5) is 16.6. The van der Waals surface area contributed by atoms with E-state index in [1.165, 1.54) is 25.7 Å². The standard InChI is InChI=1S/C15H29N3O/c1-2-3-13-4-10-18(11-5-13)15(19)12-17-8-6-14(16)7-9-17/h13-14H,2-12,16H2,1H3. The quantitative estimate of drug-likeness (QED) is 0.838. The molecule has 4 nitrogen and oxygen atoms in total. The van der Waals surface area contributed by atoms with Crippen LogP contribution >= 0.6 is 0 Å². The summed E-state index contributed by atoms with van der Waals surface area (Å²) in [5, 5.41) is 0. The van der Waals surface area contributed by atoms with Crippen molar-refractivity contribution in [2.24, 2.45) is 11.7 Å². The zero-order chi connectivity index (χ0) is 13.7. The van der Waals surface area contributed by atoms with Gasteiger partial charge < -0.3 is 10.6 Å². The highest BCUT2D eigenvalue weighted by Crippen LogP contribution is 2.22. The minimum Gasteiger partial charge on any atom is -0.342 e. The highest BCUT2D eigenvalue weighted by atomic mass is 16.2. The number of piperidine rings is 2. The highest BCUT2D eigenvalue weighted by molar-refractivity contribution is 5.78. The number of nitrogens with two attached hydrogens (primary N) is 1. The molecule has 4 heteroatoms. The Morgan fingerprint density at radius 1 is 1.11 bits per heavy atom. The lowest BCUT2D eigenvalue weighted by molar-refractivity contribution is -0.134. The van der Waals surface area contributed by atoms with Crippen LogP contribution in [0.4, 0.5) is 0 Å². The van der Waals surface area contributed by atoms with E-state index in [1.807, 2.05) is 0 Å². The van der Waals surface area contributed by atoms with Gasteiger partial charge in [0, 0.05) is 32.2 Å². The summed E-state index contributed by atoms with van der Waals surface area (Å²) < 4.78 is 0. The van der Waals surface area contributed by atoms with E-state index in [0.29, 0.717) is 18.5 Å². The van der Waals surface area contributed by atoms with Crippen molar-refractivity contribution in [2.45, 2.75) is 51.5 Å². The van der Waals surface area contributed by atoms with E-state index in [9.17, 15) is 4.79 Å². The number of likely N-dealkylation sites (tertiary alicyclic amines) is 2. The summed E-state index contributed by atoms with van der Waals surface area (Å²) in [6, 6.07) is 0.344. The van der Waals surface area contributed by atoms with Crippen molar-refractivity contribution < 1.29 is 4.79 Å². The molecule has 0 aliphatic carbocycles. The SMILES string of the molecule is CCCC1CCN(C(=O)CN2CCC(N)CC2)CC1. The second-order valence-electron chi connectivity index (χ2n) is 6.23. The molecule has 0 spiro atoms. The van der Waals surface area contributed by atoms with Crippen LogP contribution in [0.5, 0.6) is 0 Å². The Labute approximate surface area is 117 Å². The van der Waals surface area contributed by atoms with Crippen molar-refractivity contribution in [1.82, 2.24) is 9.80 Å². The fourth-order valence-corrected chi connectivity index (χ4v) is 3.28. The summed E-state index contributed by atoms with van der Waals surface area (Å²) in [7, 11) is 0. The Balaban J connectivity index is 1.69. The molecule has 2 aliphatic rings. The van der Waals surface area contributed by atoms with Crippen LogP contribution in [0.3, 0.4) is 0 Å². The molecule has 0 bridgehead atoms. The molecule has 0 aromatic heterocycles. The van der Waals surface area contributed by atoms with Crippen molar-refractivity contribution in [3.8, 4) is 0 Å². The lowest BCUT2D eigenvalue weighted by Gasteiger charge is -2.35. The van der Waals surface area contributed by atoms with Crippen LogP contribution in [-0.2, 0) is 4.79 Å². The molecule has 0 radical (unpaired) electrons. The van der Waals surface area contributed by atoms with Gasteiger partial charge in [-0.1, -0.05) is 19.8 Å². The maximum atomic E-state index is 12.3. The van der Waals surface area contributed by atoms with Gasteiger partial charge in [0.1, 0.15) is 0 Å². The average molecular weight is 267 g/mol. The van der Waals surface area contributed by atoms with Gasteiger partial charge in [-0.2, -0.15) is 0 Å². The predicted molar refractivity (Wildman–Crippen MR) is 77.9 cm³/mol. The third-order valence-corrected chi connectivity index (χ3v) is 4.66. The van der Waals surface area contributed by atoms with Gasteiger partial charge in [0.15, 0.2) is 0 Å². The topological polar surface area (TPSA) is 49.6 Å². The largest absolute Gasteiger partial charge is 0.342 e. The van der Waals surface area contributed by atoms with Crippen molar-refractivity contribution in [2.75, 3.05) is 32.7 Å². The maximum absolute atomic E-state index is 12.3. The van der Waals surface area contributed by atoms with Crippen LogP contribution in [0.2, 0.25) is 0 Å². The normalized spacial score (nSPS) is 23.8. The second-order valence-corrected chi connectivity index (χ2v) is 6.23. The maximum Gasteiger partial charge on any atom is 0.236 e. The molecule has 110 valence electrons. The van der Waals surface area contributed by atoms with Gasteiger partial charge in [0.2, 0.25) is 5.91 Å². The number of carbonyl (C=O) groups excluding carboxylic acids is 1. The molecule has 0 saturated carbocycles. The first-order chi connectivity index (χ1) is 9.19. The average Bonchev–Trinajstić information content (AvgIpc) is 2.42. The van der Waals surface area contributed by atoms with Gasteiger partial charge in [-0.3, -0.25) is 9.69 Å². The predicted octanol–water partition coefficient (Wildman–Crippen LogP) is 1.45. The first kappa shape index (κ1) is 14.8. The first-order valence-corrected chi connectivity index (χ1v) is 7.94. The van der Waals surface area contributed by atoms with Crippen LogP contribution in [0.25, 0.3) is 0 Å². The zero-order valence-corrected chi connectivity index (χ0v) is 12.3. The van der Waals surface area contributed by atoms with Crippen LogP contribution in [-0.4, -0.2) is 54.5 Å². The monoisotopic (exact) mass is 267 g/mol. The molecule has 2 aliphatic heterocycles. The van der Waals surface area contributed by atoms with Crippen molar-refractivity contribution in [3.63, 3.8) is 0 Å². The molecule has 19 heavy (non-hydrogen) atoms. The molecule has 2 heterocycles. The lowest BCUT2D eigenvalue weighted by Crippen LogP contribution is -2.47. The van der Waals surface area contributed by atoms with E-state index in [2.05, 4.69) is 16.7 Å². The zero-order valence-electron chi connectivity index (χ0n) is 12.3. The van der Waals surface area contributed by atoms with Gasteiger partial charge in [-0.15, -0.1) is 0 Å². The molecule has 0 aromatic carbocycles. The molecule has 2 fully saturated rings. The van der Waals surface area contributed by atoms with Crippen LogP contribution in [0, 0.1) is 5.92 Å². The Kier molecular flexibility index (Phi) is 5.64. The Morgan fingerprint density at radius 3 is 2.32 bits per heavy atom. The molecule has 2 rings (SSSR count). The highest BCUT2D eigenvalue weighted by Gasteiger charge is 2.24. The summed E-state index contributed by atoms with van der Waals surface area (Å²) in [5.74, 6) is 1.17. The summed E-state index contributed by atoms with van der Waals surface area (Å²) in [6.45, 7) is 6.76. The third-order valence-electron chi connectivity index (χ3n) is 4.66.